The molecule has 2 rings (SSSR count). The van der Waals surface area contributed by atoms with Gasteiger partial charge < -0.3 is 10.3 Å². The van der Waals surface area contributed by atoms with Crippen LogP contribution in [-0.4, -0.2) is 4.57 Å². The van der Waals surface area contributed by atoms with Gasteiger partial charge in [-0.1, -0.05) is 22.0 Å². The van der Waals surface area contributed by atoms with Crippen molar-refractivity contribution in [3.63, 3.8) is 0 Å². The number of benzene rings is 1. The zero-order valence-corrected chi connectivity index (χ0v) is 11.1. The van der Waals surface area contributed by atoms with Crippen LogP contribution < -0.4 is 5.73 Å². The maximum atomic E-state index is 5.72. The molecule has 3 heteroatoms. The average Bonchev–Trinajstić information content (AvgIpc) is 2.53. The lowest BCUT2D eigenvalue weighted by atomic mass is 10.2. The molecule has 2 N–H and O–H groups in total. The van der Waals surface area contributed by atoms with Crippen molar-refractivity contribution >= 4 is 15.9 Å². The third kappa shape index (κ3) is 1.93. The first-order valence-corrected chi connectivity index (χ1v) is 6.06. The Labute approximate surface area is 104 Å². The number of nitrogens with zero attached hydrogens (tertiary/aromatic N) is 1. The van der Waals surface area contributed by atoms with Gasteiger partial charge in [0.2, 0.25) is 0 Å². The summed E-state index contributed by atoms with van der Waals surface area (Å²) in [6, 6.07) is 10.4. The Morgan fingerprint density at radius 1 is 1.25 bits per heavy atom. The average molecular weight is 279 g/mol. The minimum absolute atomic E-state index is 0.591. The van der Waals surface area contributed by atoms with Crippen LogP contribution in [0.25, 0.3) is 5.69 Å². The van der Waals surface area contributed by atoms with E-state index in [0.717, 1.165) is 4.47 Å². The Balaban J connectivity index is 2.60. The maximum Gasteiger partial charge on any atom is 0.0466 e. The van der Waals surface area contributed by atoms with Crippen LogP contribution in [0.4, 0.5) is 0 Å². The fraction of sp³-hybridized carbons (Fsp3) is 0.231. The number of hydrogen-bond acceptors (Lipinski definition) is 1. The normalized spacial score (nSPS) is 10.8. The molecule has 0 aliphatic heterocycles. The summed E-state index contributed by atoms with van der Waals surface area (Å²) in [4.78, 5) is 0. The van der Waals surface area contributed by atoms with Crippen molar-refractivity contribution in [2.75, 3.05) is 0 Å². The fourth-order valence-electron chi connectivity index (χ4n) is 2.05. The van der Waals surface area contributed by atoms with E-state index in [2.05, 4.69) is 52.5 Å². The summed E-state index contributed by atoms with van der Waals surface area (Å²) >= 11 is 3.49. The van der Waals surface area contributed by atoms with Crippen LogP contribution in [0.2, 0.25) is 0 Å². The van der Waals surface area contributed by atoms with Crippen LogP contribution in [0.1, 0.15) is 17.0 Å². The van der Waals surface area contributed by atoms with Crippen LogP contribution in [0.5, 0.6) is 0 Å². The van der Waals surface area contributed by atoms with E-state index in [4.69, 9.17) is 5.73 Å². The maximum absolute atomic E-state index is 5.72. The minimum Gasteiger partial charge on any atom is -0.326 e. The first-order valence-electron chi connectivity index (χ1n) is 5.27. The molecule has 1 heterocycles. The highest BCUT2D eigenvalue weighted by Gasteiger charge is 2.09. The van der Waals surface area contributed by atoms with E-state index in [0.29, 0.717) is 6.54 Å². The minimum atomic E-state index is 0.591. The first kappa shape index (κ1) is 11.4. The SMILES string of the molecule is Cc1cc(CN)c(C)n1-c1cccc(Br)c1. The van der Waals surface area contributed by atoms with Gasteiger partial charge in [-0.3, -0.25) is 0 Å². The molecule has 0 amide bonds. The van der Waals surface area contributed by atoms with Crippen LogP contribution in [0.15, 0.2) is 34.8 Å². The Morgan fingerprint density at radius 3 is 2.56 bits per heavy atom. The zero-order chi connectivity index (χ0) is 11.7. The molecule has 0 spiro atoms. The molecule has 0 unspecified atom stereocenters. The standard InChI is InChI=1S/C13H15BrN2/c1-9-6-11(8-15)10(2)16(9)13-5-3-4-12(14)7-13/h3-7H,8,15H2,1-2H3. The summed E-state index contributed by atoms with van der Waals surface area (Å²) in [5.41, 5.74) is 10.5. The smallest absolute Gasteiger partial charge is 0.0466 e. The van der Waals surface area contributed by atoms with Gasteiger partial charge in [-0.2, -0.15) is 0 Å². The van der Waals surface area contributed by atoms with E-state index in [9.17, 15) is 0 Å². The Morgan fingerprint density at radius 2 is 2.00 bits per heavy atom. The fourth-order valence-corrected chi connectivity index (χ4v) is 2.44. The molecule has 0 saturated heterocycles. The lowest BCUT2D eigenvalue weighted by Crippen LogP contribution is -2.01. The number of aromatic nitrogens is 1. The molecular weight excluding hydrogens is 264 g/mol. The number of hydrogen-bond donors (Lipinski definition) is 1. The Bertz CT molecular complexity index is 515. The van der Waals surface area contributed by atoms with Crippen molar-refractivity contribution in [1.29, 1.82) is 0 Å². The van der Waals surface area contributed by atoms with Crippen LogP contribution in [-0.2, 0) is 6.54 Å². The summed E-state index contributed by atoms with van der Waals surface area (Å²) in [7, 11) is 0. The number of nitrogens with two attached hydrogens (primary N) is 1. The Hall–Kier alpha value is -1.06. The monoisotopic (exact) mass is 278 g/mol. The summed E-state index contributed by atoms with van der Waals surface area (Å²) in [5, 5.41) is 0. The zero-order valence-electron chi connectivity index (χ0n) is 9.50. The number of rotatable bonds is 2. The van der Waals surface area contributed by atoms with E-state index in [1.165, 1.54) is 22.6 Å². The van der Waals surface area contributed by atoms with Crippen molar-refractivity contribution in [1.82, 2.24) is 4.57 Å². The highest BCUT2D eigenvalue weighted by atomic mass is 79.9. The van der Waals surface area contributed by atoms with Gasteiger partial charge in [-0.05, 0) is 43.7 Å². The van der Waals surface area contributed by atoms with Gasteiger partial charge >= 0.3 is 0 Å². The second kappa shape index (κ2) is 4.44. The van der Waals surface area contributed by atoms with E-state index < -0.39 is 0 Å². The lowest BCUT2D eigenvalue weighted by molar-refractivity contribution is 0.942. The topological polar surface area (TPSA) is 30.9 Å². The molecule has 2 aromatic rings. The van der Waals surface area contributed by atoms with Crippen LogP contribution in [0, 0.1) is 13.8 Å². The van der Waals surface area contributed by atoms with E-state index in [-0.39, 0.29) is 0 Å². The van der Waals surface area contributed by atoms with Gasteiger partial charge in [0.05, 0.1) is 0 Å². The van der Waals surface area contributed by atoms with Gasteiger partial charge in [0.25, 0.3) is 0 Å². The molecule has 0 fully saturated rings. The molecule has 0 saturated carbocycles. The van der Waals surface area contributed by atoms with Crippen molar-refractivity contribution in [2.24, 2.45) is 5.73 Å². The van der Waals surface area contributed by atoms with Gasteiger partial charge in [0, 0.05) is 28.1 Å². The number of aryl methyl sites for hydroxylation is 1. The van der Waals surface area contributed by atoms with Crippen molar-refractivity contribution < 1.29 is 0 Å². The van der Waals surface area contributed by atoms with E-state index in [1.807, 2.05) is 12.1 Å². The van der Waals surface area contributed by atoms with Crippen molar-refractivity contribution in [2.45, 2.75) is 20.4 Å². The molecular formula is C13H15BrN2. The molecule has 2 nitrogen and oxygen atoms in total. The summed E-state index contributed by atoms with van der Waals surface area (Å²) in [5.74, 6) is 0. The molecule has 1 aromatic heterocycles. The van der Waals surface area contributed by atoms with E-state index >= 15 is 0 Å². The quantitative estimate of drug-likeness (QED) is 0.898. The highest BCUT2D eigenvalue weighted by molar-refractivity contribution is 9.10. The highest BCUT2D eigenvalue weighted by Crippen LogP contribution is 2.22. The second-order valence-corrected chi connectivity index (χ2v) is 4.83. The third-order valence-electron chi connectivity index (χ3n) is 2.82. The summed E-state index contributed by atoms with van der Waals surface area (Å²) in [6.07, 6.45) is 0. The van der Waals surface area contributed by atoms with Gasteiger partial charge in [0.15, 0.2) is 0 Å². The molecule has 1 aromatic carbocycles. The van der Waals surface area contributed by atoms with Crippen molar-refractivity contribution in [3.8, 4) is 5.69 Å². The predicted molar refractivity (Wildman–Crippen MR) is 70.8 cm³/mol. The molecule has 0 atom stereocenters. The number of halogens is 1. The molecule has 16 heavy (non-hydrogen) atoms. The van der Waals surface area contributed by atoms with Crippen LogP contribution in [0.3, 0.4) is 0 Å². The molecule has 84 valence electrons. The predicted octanol–water partition coefficient (Wildman–Crippen LogP) is 3.32. The Kier molecular flexibility index (Phi) is 3.17. The summed E-state index contributed by atoms with van der Waals surface area (Å²) in [6.45, 7) is 4.80. The van der Waals surface area contributed by atoms with Gasteiger partial charge in [-0.15, -0.1) is 0 Å². The van der Waals surface area contributed by atoms with Crippen molar-refractivity contribution in [3.05, 3.63) is 51.8 Å². The first-order chi connectivity index (χ1) is 7.63. The summed E-state index contributed by atoms with van der Waals surface area (Å²) < 4.78 is 3.32. The van der Waals surface area contributed by atoms with Gasteiger partial charge in [-0.25, -0.2) is 0 Å². The van der Waals surface area contributed by atoms with Crippen LogP contribution >= 0.6 is 15.9 Å². The third-order valence-corrected chi connectivity index (χ3v) is 3.32. The van der Waals surface area contributed by atoms with E-state index in [1.54, 1.807) is 0 Å². The lowest BCUT2D eigenvalue weighted by Gasteiger charge is -2.10. The largest absolute Gasteiger partial charge is 0.326 e. The molecule has 0 aliphatic rings. The second-order valence-electron chi connectivity index (χ2n) is 3.92. The molecule has 0 radical (unpaired) electrons. The van der Waals surface area contributed by atoms with Gasteiger partial charge in [0.1, 0.15) is 0 Å². The molecule has 0 bridgehead atoms. The molecule has 0 aliphatic carbocycles.